The van der Waals surface area contributed by atoms with Crippen LogP contribution >= 0.6 is 0 Å². The van der Waals surface area contributed by atoms with Crippen molar-refractivity contribution < 1.29 is 13.7 Å². The van der Waals surface area contributed by atoms with Crippen LogP contribution in [-0.2, 0) is 4.74 Å². The normalized spacial score (nSPS) is 20.1. The van der Waals surface area contributed by atoms with E-state index < -0.39 is 0 Å². The summed E-state index contributed by atoms with van der Waals surface area (Å²) in [6.07, 6.45) is 3.06. The molecule has 1 aromatic carbocycles. The third kappa shape index (κ3) is 3.90. The van der Waals surface area contributed by atoms with Gasteiger partial charge in [0, 0.05) is 37.2 Å². The van der Waals surface area contributed by atoms with Gasteiger partial charge in [-0.3, -0.25) is 0 Å². The summed E-state index contributed by atoms with van der Waals surface area (Å²) in [5, 5.41) is 8.48. The Hall–Kier alpha value is -2.58. The first-order valence-electron chi connectivity index (χ1n) is 11.0. The van der Waals surface area contributed by atoms with Crippen molar-refractivity contribution in [2.24, 2.45) is 0 Å². The van der Waals surface area contributed by atoms with E-state index in [0.29, 0.717) is 29.3 Å². The lowest BCUT2D eigenvalue weighted by Gasteiger charge is -2.35. The van der Waals surface area contributed by atoms with Gasteiger partial charge in [0.1, 0.15) is 17.2 Å². The van der Waals surface area contributed by atoms with Crippen LogP contribution in [0, 0.1) is 26.6 Å². The van der Waals surface area contributed by atoms with Gasteiger partial charge in [0.2, 0.25) is 0 Å². The molecule has 2 aromatic heterocycles. The molecule has 1 N–H and O–H groups in total. The van der Waals surface area contributed by atoms with E-state index in [9.17, 15) is 4.39 Å². The Morgan fingerprint density at radius 3 is 2.55 bits per heavy atom. The second-order valence-corrected chi connectivity index (χ2v) is 8.71. The van der Waals surface area contributed by atoms with Crippen LogP contribution in [0.2, 0.25) is 0 Å². The maximum absolute atomic E-state index is 14.8. The number of pyridine rings is 1. The number of aryl methyl sites for hydroxylation is 3. The molecule has 0 radical (unpaired) electrons. The Bertz CT molecular complexity index is 1100. The highest BCUT2D eigenvalue weighted by molar-refractivity contribution is 5.93. The smallest absolute Gasteiger partial charge is 0.261 e. The average molecular weight is 426 g/mol. The Kier molecular flexibility index (Phi) is 5.35. The van der Waals surface area contributed by atoms with Gasteiger partial charge in [-0.2, -0.15) is 4.98 Å². The number of rotatable bonds is 4. The van der Waals surface area contributed by atoms with Gasteiger partial charge in [-0.1, -0.05) is 5.16 Å². The topological polar surface area (TPSA) is 76.3 Å². The monoisotopic (exact) mass is 425 g/mol. The SMILES string of the molecule is Cc1cc(F)c2nc(N3CCC(N[C@@H]4CCOC4)CC3)c(-c3nc(C)no3)c(C)c2c1. The minimum Gasteiger partial charge on any atom is -0.380 e. The van der Waals surface area contributed by atoms with Gasteiger partial charge in [0.05, 0.1) is 12.2 Å². The van der Waals surface area contributed by atoms with Gasteiger partial charge >= 0.3 is 0 Å². The predicted molar refractivity (Wildman–Crippen MR) is 117 cm³/mol. The number of anilines is 1. The highest BCUT2D eigenvalue weighted by Gasteiger charge is 2.29. The van der Waals surface area contributed by atoms with Gasteiger partial charge < -0.3 is 19.5 Å². The van der Waals surface area contributed by atoms with Crippen molar-refractivity contribution in [3.05, 3.63) is 34.9 Å². The Morgan fingerprint density at radius 2 is 1.87 bits per heavy atom. The van der Waals surface area contributed by atoms with Crippen molar-refractivity contribution in [2.45, 2.75) is 52.1 Å². The average Bonchev–Trinajstić information content (AvgIpc) is 3.41. The molecule has 3 aromatic rings. The number of hydrogen-bond acceptors (Lipinski definition) is 7. The molecule has 2 saturated heterocycles. The van der Waals surface area contributed by atoms with Crippen LogP contribution in [0.15, 0.2) is 16.7 Å². The summed E-state index contributed by atoms with van der Waals surface area (Å²) in [6, 6.07) is 4.41. The molecule has 31 heavy (non-hydrogen) atoms. The third-order valence-corrected chi connectivity index (χ3v) is 6.37. The van der Waals surface area contributed by atoms with Crippen molar-refractivity contribution in [3.8, 4) is 11.5 Å². The molecule has 8 heteroatoms. The Balaban J connectivity index is 1.51. The number of ether oxygens (including phenoxy) is 1. The lowest BCUT2D eigenvalue weighted by Crippen LogP contribution is -2.46. The zero-order valence-electron chi connectivity index (χ0n) is 18.2. The molecular weight excluding hydrogens is 397 g/mol. The van der Waals surface area contributed by atoms with Gasteiger partial charge in [-0.05, 0) is 63.3 Å². The van der Waals surface area contributed by atoms with Crippen molar-refractivity contribution in [3.63, 3.8) is 0 Å². The standard InChI is InChI=1S/C23H28FN5O2/c1-13-10-18-14(2)20(23-25-15(3)28-31-23)22(27-21(18)19(24)11-13)29-7-4-16(5-8-29)26-17-6-9-30-12-17/h10-11,16-17,26H,4-9,12H2,1-3H3/t17-/m1/s1. The second-order valence-electron chi connectivity index (χ2n) is 8.71. The van der Waals surface area contributed by atoms with Crippen molar-refractivity contribution in [2.75, 3.05) is 31.2 Å². The molecule has 2 aliphatic heterocycles. The molecule has 0 aliphatic carbocycles. The first-order chi connectivity index (χ1) is 15.0. The molecule has 2 fully saturated rings. The fourth-order valence-corrected chi connectivity index (χ4v) is 4.74. The van der Waals surface area contributed by atoms with Crippen LogP contribution in [-0.4, -0.2) is 53.5 Å². The molecule has 5 rings (SSSR count). The predicted octanol–water partition coefficient (Wildman–Crippen LogP) is 3.70. The molecule has 7 nitrogen and oxygen atoms in total. The Labute approximate surface area is 181 Å². The molecule has 0 bridgehead atoms. The zero-order valence-corrected chi connectivity index (χ0v) is 18.2. The van der Waals surface area contributed by atoms with Crippen LogP contribution in [0.3, 0.4) is 0 Å². The fourth-order valence-electron chi connectivity index (χ4n) is 4.74. The first kappa shape index (κ1) is 20.3. The van der Waals surface area contributed by atoms with E-state index >= 15 is 0 Å². The largest absolute Gasteiger partial charge is 0.380 e. The first-order valence-corrected chi connectivity index (χ1v) is 11.0. The summed E-state index contributed by atoms with van der Waals surface area (Å²) >= 11 is 0. The molecule has 1 atom stereocenters. The van der Waals surface area contributed by atoms with Gasteiger partial charge in [-0.25, -0.2) is 9.37 Å². The number of benzene rings is 1. The number of aromatic nitrogens is 3. The van der Waals surface area contributed by atoms with E-state index in [0.717, 1.165) is 73.5 Å². The van der Waals surface area contributed by atoms with Gasteiger partial charge in [0.15, 0.2) is 5.82 Å². The molecule has 0 amide bonds. The van der Waals surface area contributed by atoms with Crippen LogP contribution < -0.4 is 10.2 Å². The summed E-state index contributed by atoms with van der Waals surface area (Å²) in [7, 11) is 0. The van der Waals surface area contributed by atoms with E-state index in [1.165, 1.54) is 6.07 Å². The van der Waals surface area contributed by atoms with Crippen LogP contribution in [0.25, 0.3) is 22.4 Å². The van der Waals surface area contributed by atoms with E-state index in [1.807, 2.05) is 19.9 Å². The minimum absolute atomic E-state index is 0.301. The molecule has 0 spiro atoms. The highest BCUT2D eigenvalue weighted by atomic mass is 19.1. The van der Waals surface area contributed by atoms with Crippen LogP contribution in [0.1, 0.15) is 36.2 Å². The van der Waals surface area contributed by atoms with Crippen molar-refractivity contribution in [1.29, 1.82) is 0 Å². The van der Waals surface area contributed by atoms with Crippen molar-refractivity contribution >= 4 is 16.7 Å². The van der Waals surface area contributed by atoms with Crippen LogP contribution in [0.5, 0.6) is 0 Å². The molecule has 2 aliphatic rings. The number of nitrogens with zero attached hydrogens (tertiary/aromatic N) is 4. The van der Waals surface area contributed by atoms with E-state index in [-0.39, 0.29) is 5.82 Å². The summed E-state index contributed by atoms with van der Waals surface area (Å²) in [6.45, 7) is 8.97. The molecule has 0 saturated carbocycles. The molecule has 4 heterocycles. The second kappa shape index (κ2) is 8.16. The van der Waals surface area contributed by atoms with Crippen LogP contribution in [0.4, 0.5) is 10.2 Å². The minimum atomic E-state index is -0.301. The van der Waals surface area contributed by atoms with E-state index in [4.69, 9.17) is 14.2 Å². The fraction of sp³-hybridized carbons (Fsp3) is 0.522. The molecule has 164 valence electrons. The summed E-state index contributed by atoms with van der Waals surface area (Å²) in [4.78, 5) is 11.5. The lowest BCUT2D eigenvalue weighted by molar-refractivity contribution is 0.186. The van der Waals surface area contributed by atoms with Gasteiger partial charge in [-0.15, -0.1) is 0 Å². The lowest BCUT2D eigenvalue weighted by atomic mass is 9.99. The number of halogens is 1. The zero-order chi connectivity index (χ0) is 21.5. The summed E-state index contributed by atoms with van der Waals surface area (Å²) < 4.78 is 25.9. The quantitative estimate of drug-likeness (QED) is 0.683. The number of hydrogen-bond donors (Lipinski definition) is 1. The number of piperidine rings is 1. The molecular formula is C23H28FN5O2. The number of fused-ring (bicyclic) bond motifs is 1. The highest BCUT2D eigenvalue weighted by Crippen LogP contribution is 2.38. The Morgan fingerprint density at radius 1 is 1.06 bits per heavy atom. The van der Waals surface area contributed by atoms with Gasteiger partial charge in [0.25, 0.3) is 5.89 Å². The maximum atomic E-state index is 14.8. The van der Waals surface area contributed by atoms with E-state index in [2.05, 4.69) is 20.4 Å². The summed E-state index contributed by atoms with van der Waals surface area (Å²) in [5.74, 6) is 1.42. The third-order valence-electron chi connectivity index (χ3n) is 6.37. The molecule has 0 unspecified atom stereocenters. The maximum Gasteiger partial charge on any atom is 0.261 e. The summed E-state index contributed by atoms with van der Waals surface area (Å²) in [5.41, 5.74) is 2.96. The van der Waals surface area contributed by atoms with Crippen molar-refractivity contribution in [1.82, 2.24) is 20.4 Å². The number of nitrogens with one attached hydrogen (secondary N) is 1. The van der Waals surface area contributed by atoms with E-state index in [1.54, 1.807) is 6.92 Å².